The molecule has 3 nitrogen and oxygen atoms in total. The Kier molecular flexibility index (Phi) is 3.97. The summed E-state index contributed by atoms with van der Waals surface area (Å²) in [6.45, 7) is 5.14. The second-order valence-corrected chi connectivity index (χ2v) is 5.97. The number of benzene rings is 1. The summed E-state index contributed by atoms with van der Waals surface area (Å²) in [7, 11) is 0. The zero-order chi connectivity index (χ0) is 13.3. The zero-order valence-electron chi connectivity index (χ0n) is 10.3. The molecule has 0 aliphatic carbocycles. The lowest BCUT2D eigenvalue weighted by molar-refractivity contribution is 0.527. The molecule has 2 aromatic rings. The number of nitrogens with zero attached hydrogens (tertiary/aromatic N) is 2. The summed E-state index contributed by atoms with van der Waals surface area (Å²) in [6, 6.07) is 5.66. The maximum absolute atomic E-state index is 6.19. The minimum absolute atomic E-state index is 0.521. The molecule has 0 fully saturated rings. The van der Waals surface area contributed by atoms with Crippen LogP contribution in [0.2, 0.25) is 5.02 Å². The second kappa shape index (κ2) is 5.33. The van der Waals surface area contributed by atoms with Crippen LogP contribution in [0, 0.1) is 5.92 Å². The van der Waals surface area contributed by atoms with Gasteiger partial charge in [-0.05, 0) is 24.1 Å². The first-order valence-electron chi connectivity index (χ1n) is 5.75. The Hall–Kier alpha value is -1.00. The lowest BCUT2D eigenvalue weighted by Crippen LogP contribution is -2.06. The minimum atomic E-state index is 0.521. The number of rotatable bonds is 3. The van der Waals surface area contributed by atoms with Crippen molar-refractivity contribution < 1.29 is 0 Å². The smallest absolute Gasteiger partial charge is 0.131 e. The largest absolute Gasteiger partial charge is 0.383 e. The van der Waals surface area contributed by atoms with Crippen molar-refractivity contribution in [3.05, 3.63) is 34.0 Å². The van der Waals surface area contributed by atoms with Gasteiger partial charge in [0.25, 0.3) is 0 Å². The van der Waals surface area contributed by atoms with E-state index in [1.54, 1.807) is 6.33 Å². The lowest BCUT2D eigenvalue weighted by Gasteiger charge is -2.09. The summed E-state index contributed by atoms with van der Waals surface area (Å²) in [5.41, 5.74) is 7.72. The number of anilines is 1. The maximum atomic E-state index is 6.19. The molecule has 2 N–H and O–H groups in total. The summed E-state index contributed by atoms with van der Waals surface area (Å²) in [6.07, 6.45) is 1.77. The molecular weight excluding hydrogens is 314 g/mol. The Bertz CT molecular complexity index is 563. The molecular formula is C13H15BrClN3. The lowest BCUT2D eigenvalue weighted by atomic mass is 10.1. The van der Waals surface area contributed by atoms with Crippen molar-refractivity contribution in [3.63, 3.8) is 0 Å². The molecule has 96 valence electrons. The van der Waals surface area contributed by atoms with Crippen LogP contribution in [0.15, 0.2) is 29.0 Å². The van der Waals surface area contributed by atoms with E-state index in [9.17, 15) is 0 Å². The number of nitrogen functional groups attached to an aromatic ring is 1. The minimum Gasteiger partial charge on any atom is -0.383 e. The third-order valence-corrected chi connectivity index (χ3v) is 3.45. The molecule has 0 aliphatic heterocycles. The van der Waals surface area contributed by atoms with Crippen molar-refractivity contribution >= 4 is 33.3 Å². The summed E-state index contributed by atoms with van der Waals surface area (Å²) < 4.78 is 2.91. The van der Waals surface area contributed by atoms with Crippen LogP contribution >= 0.6 is 27.5 Å². The molecule has 2 rings (SSSR count). The van der Waals surface area contributed by atoms with E-state index in [0.29, 0.717) is 16.8 Å². The van der Waals surface area contributed by atoms with Crippen molar-refractivity contribution in [2.24, 2.45) is 5.92 Å². The van der Waals surface area contributed by atoms with Gasteiger partial charge in [0, 0.05) is 16.6 Å². The van der Waals surface area contributed by atoms with Crippen LogP contribution in [0.1, 0.15) is 13.8 Å². The summed E-state index contributed by atoms with van der Waals surface area (Å²) in [4.78, 5) is 4.37. The molecule has 0 saturated carbocycles. The average molecular weight is 329 g/mol. The number of aromatic nitrogens is 2. The molecule has 18 heavy (non-hydrogen) atoms. The molecule has 0 unspecified atom stereocenters. The van der Waals surface area contributed by atoms with Crippen molar-refractivity contribution in [2.45, 2.75) is 20.4 Å². The van der Waals surface area contributed by atoms with Gasteiger partial charge in [-0.1, -0.05) is 41.4 Å². The van der Waals surface area contributed by atoms with Crippen molar-refractivity contribution in [1.82, 2.24) is 9.55 Å². The van der Waals surface area contributed by atoms with Crippen molar-refractivity contribution in [2.75, 3.05) is 5.73 Å². The quantitative estimate of drug-likeness (QED) is 0.917. The van der Waals surface area contributed by atoms with Crippen LogP contribution in [0.25, 0.3) is 11.3 Å². The molecule has 1 aromatic heterocycles. The fraction of sp³-hybridized carbons (Fsp3) is 0.308. The van der Waals surface area contributed by atoms with Gasteiger partial charge in [-0.3, -0.25) is 0 Å². The van der Waals surface area contributed by atoms with Crippen LogP contribution in [-0.4, -0.2) is 9.55 Å². The molecule has 1 aromatic carbocycles. The Morgan fingerprint density at radius 2 is 2.17 bits per heavy atom. The molecule has 1 heterocycles. The Labute approximate surface area is 120 Å². The van der Waals surface area contributed by atoms with Crippen LogP contribution in [0.3, 0.4) is 0 Å². The van der Waals surface area contributed by atoms with Crippen LogP contribution in [0.5, 0.6) is 0 Å². The predicted octanol–water partition coefficient (Wildman–Crippen LogP) is 4.20. The summed E-state index contributed by atoms with van der Waals surface area (Å²) >= 11 is 9.62. The number of nitrogens with two attached hydrogens (primary N) is 1. The molecule has 0 aliphatic rings. The van der Waals surface area contributed by atoms with E-state index in [1.807, 2.05) is 22.8 Å². The van der Waals surface area contributed by atoms with E-state index >= 15 is 0 Å². The Morgan fingerprint density at radius 1 is 1.44 bits per heavy atom. The topological polar surface area (TPSA) is 43.8 Å². The first-order valence-corrected chi connectivity index (χ1v) is 6.92. The highest BCUT2D eigenvalue weighted by Crippen LogP contribution is 2.33. The molecule has 0 saturated heterocycles. The molecule has 0 radical (unpaired) electrons. The molecule has 0 atom stereocenters. The molecule has 0 spiro atoms. The third-order valence-electron chi connectivity index (χ3n) is 2.62. The van der Waals surface area contributed by atoms with Gasteiger partial charge in [0.05, 0.1) is 11.3 Å². The van der Waals surface area contributed by atoms with E-state index in [-0.39, 0.29) is 0 Å². The summed E-state index contributed by atoms with van der Waals surface area (Å²) in [5.74, 6) is 1.18. The molecule has 5 heteroatoms. The maximum Gasteiger partial charge on any atom is 0.131 e. The highest BCUT2D eigenvalue weighted by molar-refractivity contribution is 9.10. The van der Waals surface area contributed by atoms with Gasteiger partial charge in [-0.2, -0.15) is 0 Å². The highest BCUT2D eigenvalue weighted by atomic mass is 79.9. The van der Waals surface area contributed by atoms with E-state index in [4.69, 9.17) is 17.3 Å². The second-order valence-electron chi connectivity index (χ2n) is 4.65. The number of halogens is 2. The average Bonchev–Trinajstić information content (AvgIpc) is 2.64. The molecule has 0 bridgehead atoms. The zero-order valence-corrected chi connectivity index (χ0v) is 12.7. The third kappa shape index (κ3) is 2.70. The first-order chi connectivity index (χ1) is 8.49. The van der Waals surface area contributed by atoms with Crippen LogP contribution in [0.4, 0.5) is 5.82 Å². The monoisotopic (exact) mass is 327 g/mol. The van der Waals surface area contributed by atoms with E-state index in [1.165, 1.54) is 0 Å². The van der Waals surface area contributed by atoms with Gasteiger partial charge in [0.1, 0.15) is 11.5 Å². The normalized spacial score (nSPS) is 11.2. The SMILES string of the molecule is CC(C)Cn1cnc(-c2cc(Br)ccc2Cl)c1N. The molecule has 0 amide bonds. The number of hydrogen-bond donors (Lipinski definition) is 1. The predicted molar refractivity (Wildman–Crippen MR) is 79.6 cm³/mol. The van der Waals surface area contributed by atoms with Gasteiger partial charge >= 0.3 is 0 Å². The van der Waals surface area contributed by atoms with Gasteiger partial charge in [0.2, 0.25) is 0 Å². The fourth-order valence-electron chi connectivity index (χ4n) is 1.82. The Morgan fingerprint density at radius 3 is 2.83 bits per heavy atom. The van der Waals surface area contributed by atoms with Crippen LogP contribution < -0.4 is 5.73 Å². The van der Waals surface area contributed by atoms with E-state index in [0.717, 1.165) is 22.3 Å². The fourth-order valence-corrected chi connectivity index (χ4v) is 2.39. The van der Waals surface area contributed by atoms with Crippen molar-refractivity contribution in [1.29, 1.82) is 0 Å². The Balaban J connectivity index is 2.45. The van der Waals surface area contributed by atoms with Gasteiger partial charge in [-0.25, -0.2) is 4.98 Å². The van der Waals surface area contributed by atoms with E-state index < -0.39 is 0 Å². The van der Waals surface area contributed by atoms with Gasteiger partial charge in [-0.15, -0.1) is 0 Å². The summed E-state index contributed by atoms with van der Waals surface area (Å²) in [5, 5.41) is 0.652. The number of imidazole rings is 1. The first kappa shape index (κ1) is 13.4. The van der Waals surface area contributed by atoms with Gasteiger partial charge in [0.15, 0.2) is 0 Å². The van der Waals surface area contributed by atoms with Crippen LogP contribution in [-0.2, 0) is 6.54 Å². The van der Waals surface area contributed by atoms with E-state index in [2.05, 4.69) is 34.8 Å². The van der Waals surface area contributed by atoms with Crippen molar-refractivity contribution in [3.8, 4) is 11.3 Å². The standard InChI is InChI=1S/C13H15BrClN3/c1-8(2)6-18-7-17-12(13(18)16)10-5-9(14)3-4-11(10)15/h3-5,7-8H,6,16H2,1-2H3. The number of hydrogen-bond acceptors (Lipinski definition) is 2. The van der Waals surface area contributed by atoms with Gasteiger partial charge < -0.3 is 10.3 Å². The highest BCUT2D eigenvalue weighted by Gasteiger charge is 2.13.